The van der Waals surface area contributed by atoms with Crippen LogP contribution < -0.4 is 5.19 Å². The lowest BCUT2D eigenvalue weighted by atomic mass is 9.82. The Labute approximate surface area is 809 Å². The Bertz CT molecular complexity index is 9050. The molecule has 0 nitrogen and oxygen atoms in total. The van der Waals surface area contributed by atoms with Crippen molar-refractivity contribution in [2.75, 3.05) is 0 Å². The number of hydrogen-bond acceptors (Lipinski definition) is 0. The van der Waals surface area contributed by atoms with Crippen molar-refractivity contribution >= 4 is 143 Å². The normalized spacial score (nSPS) is 12.5. The molecule has 0 aliphatic heterocycles. The van der Waals surface area contributed by atoms with Crippen molar-refractivity contribution in [2.24, 2.45) is 0 Å². The van der Waals surface area contributed by atoms with Crippen molar-refractivity contribution < 1.29 is 0 Å². The third-order valence-electron chi connectivity index (χ3n) is 29.6. The van der Waals surface area contributed by atoms with Crippen LogP contribution in [-0.2, 0) is 0 Å². The molecule has 0 heterocycles. The van der Waals surface area contributed by atoms with E-state index in [-0.39, 0.29) is 0 Å². The molecule has 656 valence electrons. The molecule has 1 fully saturated rings. The summed E-state index contributed by atoms with van der Waals surface area (Å²) in [5, 5.41) is 32.2. The first-order valence-electron chi connectivity index (χ1n) is 49.2. The van der Waals surface area contributed by atoms with E-state index in [0.717, 1.165) is 0 Å². The second-order valence-electron chi connectivity index (χ2n) is 39.1. The number of fused-ring (bicyclic) bond motifs is 13. The molecule has 0 aromatic heterocycles. The van der Waals surface area contributed by atoms with E-state index in [1.165, 1.54) is 295 Å². The van der Waals surface area contributed by atoms with Crippen LogP contribution >= 0.6 is 0 Å². The third kappa shape index (κ3) is 15.7. The van der Waals surface area contributed by atoms with E-state index in [1.54, 1.807) is 0 Å². The molecule has 0 radical (unpaired) electrons. The zero-order chi connectivity index (χ0) is 92.5. The fourth-order valence-corrected chi connectivity index (χ4v) is 23.9. The fraction of sp³-hybridized carbons (Fsp3) is 0.0803. The molecule has 0 bridgehead atoms. The highest BCUT2D eigenvalue weighted by molar-refractivity contribution is 6.88. The average molecular weight is 1780 g/mol. The first-order valence-corrected chi connectivity index (χ1v) is 52.7. The molecular weight excluding hydrogens is 1670 g/mol. The Hall–Kier alpha value is -16.2. The summed E-state index contributed by atoms with van der Waals surface area (Å²) in [6.45, 7) is 11.5. The summed E-state index contributed by atoms with van der Waals surface area (Å²) < 4.78 is 0. The molecule has 0 unspecified atom stereocenters. The molecule has 0 atom stereocenters. The van der Waals surface area contributed by atoms with Gasteiger partial charge in [0.25, 0.3) is 0 Å². The van der Waals surface area contributed by atoms with Gasteiger partial charge in [-0.25, -0.2) is 0 Å². The second-order valence-corrected chi connectivity index (χ2v) is 44.2. The second kappa shape index (κ2) is 35.9. The quantitative estimate of drug-likeness (QED) is 0.0650. The van der Waals surface area contributed by atoms with Gasteiger partial charge in [0.15, 0.2) is 0 Å². The molecule has 26 rings (SSSR count). The topological polar surface area (TPSA) is 0 Å². The number of rotatable bonds is 12. The van der Waals surface area contributed by atoms with Crippen LogP contribution in [0.2, 0.25) is 19.6 Å². The first kappa shape index (κ1) is 84.8. The summed E-state index contributed by atoms with van der Waals surface area (Å²) in [5.74, 6) is 0.702. The molecule has 0 saturated heterocycles. The van der Waals surface area contributed by atoms with Crippen LogP contribution in [0, 0.1) is 13.8 Å². The van der Waals surface area contributed by atoms with Gasteiger partial charge in [-0.3, -0.25) is 0 Å². The van der Waals surface area contributed by atoms with E-state index in [9.17, 15) is 0 Å². The van der Waals surface area contributed by atoms with Gasteiger partial charge in [-0.1, -0.05) is 498 Å². The highest BCUT2D eigenvalue weighted by atomic mass is 28.3. The Morgan fingerprint density at radius 2 is 0.478 bits per heavy atom. The molecule has 0 spiro atoms. The van der Waals surface area contributed by atoms with Gasteiger partial charge in [-0.15, -0.1) is 0 Å². The van der Waals surface area contributed by atoms with Gasteiger partial charge in [0.1, 0.15) is 0 Å². The van der Waals surface area contributed by atoms with E-state index < -0.39 is 8.07 Å². The molecule has 25 aromatic rings. The molecule has 1 aliphatic rings. The van der Waals surface area contributed by atoms with Crippen molar-refractivity contribution in [3.8, 4) is 111 Å². The van der Waals surface area contributed by atoms with E-state index in [0.29, 0.717) is 5.92 Å². The van der Waals surface area contributed by atoms with Crippen LogP contribution in [0.5, 0.6) is 0 Å². The van der Waals surface area contributed by atoms with Gasteiger partial charge >= 0.3 is 0 Å². The lowest BCUT2D eigenvalue weighted by Crippen LogP contribution is -2.37. The van der Waals surface area contributed by atoms with Gasteiger partial charge in [0.2, 0.25) is 0 Å². The minimum absolute atomic E-state index is 0.702. The maximum atomic E-state index is 2.46. The smallest absolute Gasteiger partial charge is 0.0656 e. The average Bonchev–Trinajstić information content (AvgIpc) is 0.742. The zero-order valence-corrected chi connectivity index (χ0v) is 79.6. The molecule has 1 heteroatoms. The Morgan fingerprint density at radius 3 is 1.04 bits per heavy atom. The van der Waals surface area contributed by atoms with Crippen molar-refractivity contribution in [1.29, 1.82) is 0 Å². The standard InChI is InChI=1S/C50H34.C46H36.C41H34Si/c1-31-15-17-36-28-38(21-19-35(36)26-31)49-45-10-5-6-11-46(45)50(39-20-18-33-16-14-32(2)27-40(33)29-39)48-30-37(23-25-47(48)49)42-12-7-13-43-41-9-4-3-8-34(41)22-24-44(42)43;1-2-12-31(13-3-1)32-24-26-35(27-25-32)45-41-20-8-9-21-42(41)46(40-23-11-17-34-15-5-7-19-38(34)40)44-30-36(28-29-43(44)45)39-22-10-16-33-14-4-6-18-37(33)39;1-42(2,3)35-25-22-31(23-26-35)30-18-20-33(21-19-30)40-36-16-10-11-17-37(36)41(32-14-8-5-9-15-32)39-28-34(24-27-38(39)40)29-12-6-4-7-13-29/h3-30H,1-2H3;4-11,14-31H,1-3,12-13H2;4-28H,1-3H3. The summed E-state index contributed by atoms with van der Waals surface area (Å²) >= 11 is 0. The molecule has 25 aromatic carbocycles. The van der Waals surface area contributed by atoms with Crippen LogP contribution in [-0.4, -0.2) is 8.07 Å². The lowest BCUT2D eigenvalue weighted by Gasteiger charge is -2.23. The predicted octanol–water partition coefficient (Wildman–Crippen LogP) is 38.8. The van der Waals surface area contributed by atoms with Crippen molar-refractivity contribution in [2.45, 2.75) is 71.5 Å². The molecular formula is C137H104Si. The van der Waals surface area contributed by atoms with Gasteiger partial charge in [-0.2, -0.15) is 0 Å². The monoisotopic (exact) mass is 1780 g/mol. The maximum Gasteiger partial charge on any atom is 0.0775 e. The largest absolute Gasteiger partial charge is 0.0775 e. The van der Waals surface area contributed by atoms with Crippen LogP contribution in [0.4, 0.5) is 0 Å². The SMILES string of the molecule is C[Si](C)(C)c1ccc(-c2ccc(-c3c4ccccc4c(-c4ccccc4)c4cc(-c5ccccc5)ccc34)cc2)cc1.Cc1ccc2cc(-c3c4ccccc4c(-c4ccc5ccc(C)cc5c4)c4cc(-c5cccc6c5ccc5ccccc56)ccc34)ccc2c1.c1ccc2c(-c3ccc4c(-c5ccc(C6CCCCC6)cc5)c5ccccc5c(-c5cccc6ccccc56)c4c3)cccc2c1. The zero-order valence-electron chi connectivity index (χ0n) is 78.6. The Balaban J connectivity index is 0.000000113. The lowest BCUT2D eigenvalue weighted by molar-refractivity contribution is 0.443. The summed E-state index contributed by atoms with van der Waals surface area (Å²) in [6, 6.07) is 176. The van der Waals surface area contributed by atoms with Crippen LogP contribution in [0.25, 0.3) is 241 Å². The maximum absolute atomic E-state index is 2.46. The molecule has 138 heavy (non-hydrogen) atoms. The molecule has 0 N–H and O–H groups in total. The first-order chi connectivity index (χ1) is 67.9. The third-order valence-corrected chi connectivity index (χ3v) is 31.7. The number of aryl methyl sites for hydroxylation is 2. The summed E-state index contributed by atoms with van der Waals surface area (Å²) in [6.07, 6.45) is 6.74. The van der Waals surface area contributed by atoms with Crippen molar-refractivity contribution in [1.82, 2.24) is 0 Å². The van der Waals surface area contributed by atoms with Crippen molar-refractivity contribution in [3.63, 3.8) is 0 Å². The predicted molar refractivity (Wildman–Crippen MR) is 602 cm³/mol. The van der Waals surface area contributed by atoms with Crippen LogP contribution in [0.15, 0.2) is 473 Å². The highest BCUT2D eigenvalue weighted by Crippen LogP contribution is 2.52. The Morgan fingerprint density at radius 1 is 0.167 bits per heavy atom. The highest BCUT2D eigenvalue weighted by Gasteiger charge is 2.26. The number of hydrogen-bond donors (Lipinski definition) is 0. The van der Waals surface area contributed by atoms with Crippen LogP contribution in [0.3, 0.4) is 0 Å². The molecule has 0 amide bonds. The van der Waals surface area contributed by atoms with Crippen molar-refractivity contribution in [3.05, 3.63) is 490 Å². The van der Waals surface area contributed by atoms with Gasteiger partial charge in [0.05, 0.1) is 8.07 Å². The van der Waals surface area contributed by atoms with Crippen LogP contribution in [0.1, 0.15) is 54.7 Å². The minimum Gasteiger partial charge on any atom is -0.0656 e. The summed E-state index contributed by atoms with van der Waals surface area (Å²) in [4.78, 5) is 0. The van der Waals surface area contributed by atoms with Gasteiger partial charge < -0.3 is 0 Å². The minimum atomic E-state index is -1.32. The van der Waals surface area contributed by atoms with E-state index in [2.05, 4.69) is 507 Å². The fourth-order valence-electron chi connectivity index (χ4n) is 22.7. The van der Waals surface area contributed by atoms with E-state index >= 15 is 0 Å². The van der Waals surface area contributed by atoms with Gasteiger partial charge in [-0.05, 0) is 309 Å². The van der Waals surface area contributed by atoms with E-state index in [1.807, 2.05) is 0 Å². The molecule has 1 saturated carbocycles. The summed E-state index contributed by atoms with van der Waals surface area (Å²) in [7, 11) is -1.32. The summed E-state index contributed by atoms with van der Waals surface area (Å²) in [5.41, 5.74) is 29.4. The van der Waals surface area contributed by atoms with Gasteiger partial charge in [0, 0.05) is 0 Å². The van der Waals surface area contributed by atoms with E-state index in [4.69, 9.17) is 0 Å². The number of benzene rings is 25. The Kier molecular flexibility index (Phi) is 22.1. The molecule has 1 aliphatic carbocycles.